The van der Waals surface area contributed by atoms with Crippen LogP contribution in [-0.4, -0.2) is 6.69 Å². The van der Waals surface area contributed by atoms with E-state index in [4.69, 9.17) is 27.4 Å². The van der Waals surface area contributed by atoms with E-state index in [2.05, 4.69) is 6.07 Å². The van der Waals surface area contributed by atoms with Crippen LogP contribution in [-0.2, 0) is 0 Å². The van der Waals surface area contributed by atoms with Crippen molar-refractivity contribution >= 4 is 28.9 Å². The summed E-state index contributed by atoms with van der Waals surface area (Å²) in [7, 11) is 0. The molecule has 0 aromatic heterocycles. The summed E-state index contributed by atoms with van der Waals surface area (Å²) in [6, 6.07) is 2.90. The Kier molecular flexibility index (Phi) is 4.35. The summed E-state index contributed by atoms with van der Waals surface area (Å²) in [6.45, 7) is 1.59. The predicted octanol–water partition coefficient (Wildman–Crippen LogP) is 3.23. The van der Waals surface area contributed by atoms with Crippen LogP contribution in [0.2, 0.25) is 11.6 Å². The third-order valence-electron chi connectivity index (χ3n) is 1.41. The Hall–Kier alpha value is 0.287. The molecule has 0 amide bonds. The van der Waals surface area contributed by atoms with Gasteiger partial charge >= 0.3 is 0 Å². The van der Waals surface area contributed by atoms with Crippen LogP contribution < -0.4 is 0 Å². The maximum atomic E-state index is 8.51. The first kappa shape index (κ1) is 10.3. The normalized spacial score (nSPS) is 14.3. The van der Waals surface area contributed by atoms with Gasteiger partial charge in [-0.2, -0.15) is 5.26 Å². The Balaban J connectivity index is 3.99. The fraction of sp³-hybridized carbons (Fsp3) is 0.833. The second kappa shape index (κ2) is 4.22. The molecule has 0 N–H and O–H groups in total. The van der Waals surface area contributed by atoms with E-state index in [1.54, 1.807) is 6.92 Å². The minimum atomic E-state index is -2.22. The molecule has 0 radical (unpaired) electrons. The van der Waals surface area contributed by atoms with Crippen LogP contribution in [0, 0.1) is 11.3 Å². The summed E-state index contributed by atoms with van der Waals surface area (Å²) >= 11 is 11.9. The average Bonchev–Trinajstić information content (AvgIpc) is 1.86. The second-order valence-corrected chi connectivity index (χ2v) is 9.88. The van der Waals surface area contributed by atoms with E-state index in [1.807, 2.05) is 6.92 Å². The van der Waals surface area contributed by atoms with Gasteiger partial charge in [-0.3, -0.25) is 0 Å². The summed E-state index contributed by atoms with van der Waals surface area (Å²) < 4.78 is 0. The zero-order chi connectivity index (χ0) is 8.20. The minimum absolute atomic E-state index is 0.157. The van der Waals surface area contributed by atoms with Crippen molar-refractivity contribution in [2.75, 3.05) is 0 Å². The maximum absolute atomic E-state index is 8.51. The Bertz CT molecular complexity index is 141. The van der Waals surface area contributed by atoms with Gasteiger partial charge in [0.05, 0.1) is 11.6 Å². The lowest BCUT2D eigenvalue weighted by Crippen LogP contribution is -2.23. The molecule has 10 heavy (non-hydrogen) atoms. The standard InChI is InChI=1S/C6H11Cl2NSi/c1-3-4-10(7,8)6(2)5-9/h6H,3-4H2,1-2H3. The first-order chi connectivity index (χ1) is 4.54. The van der Waals surface area contributed by atoms with E-state index in [-0.39, 0.29) is 5.54 Å². The second-order valence-electron chi connectivity index (χ2n) is 2.36. The fourth-order valence-corrected chi connectivity index (χ4v) is 3.36. The van der Waals surface area contributed by atoms with Gasteiger partial charge in [0, 0.05) is 0 Å². The molecule has 58 valence electrons. The van der Waals surface area contributed by atoms with Gasteiger partial charge in [0.1, 0.15) is 0 Å². The molecule has 0 aromatic rings. The molecule has 0 bridgehead atoms. The third kappa shape index (κ3) is 2.91. The SMILES string of the molecule is CCC[Si](Cl)(Cl)C(C)C#N. The van der Waals surface area contributed by atoms with E-state index < -0.39 is 6.69 Å². The summed E-state index contributed by atoms with van der Waals surface area (Å²) in [6.07, 6.45) is 0.964. The van der Waals surface area contributed by atoms with Crippen molar-refractivity contribution in [3.63, 3.8) is 0 Å². The minimum Gasteiger partial charge on any atom is -0.198 e. The van der Waals surface area contributed by atoms with Crippen LogP contribution in [0.1, 0.15) is 20.3 Å². The van der Waals surface area contributed by atoms with Crippen LogP contribution in [0.25, 0.3) is 0 Å². The van der Waals surface area contributed by atoms with Crippen molar-refractivity contribution in [3.05, 3.63) is 0 Å². The monoisotopic (exact) mass is 195 g/mol. The van der Waals surface area contributed by atoms with E-state index >= 15 is 0 Å². The van der Waals surface area contributed by atoms with Gasteiger partial charge in [0.25, 0.3) is 6.69 Å². The first-order valence-electron chi connectivity index (χ1n) is 3.32. The van der Waals surface area contributed by atoms with Crippen LogP contribution >= 0.6 is 22.2 Å². The van der Waals surface area contributed by atoms with Gasteiger partial charge in [0.2, 0.25) is 0 Å². The molecule has 1 atom stereocenters. The van der Waals surface area contributed by atoms with E-state index in [1.165, 1.54) is 0 Å². The van der Waals surface area contributed by atoms with E-state index in [9.17, 15) is 0 Å². The average molecular weight is 196 g/mol. The third-order valence-corrected chi connectivity index (χ3v) is 7.07. The van der Waals surface area contributed by atoms with Gasteiger partial charge in [0.15, 0.2) is 0 Å². The quantitative estimate of drug-likeness (QED) is 0.502. The predicted molar refractivity (Wildman–Crippen MR) is 47.6 cm³/mol. The van der Waals surface area contributed by atoms with Crippen molar-refractivity contribution in [3.8, 4) is 6.07 Å². The fourth-order valence-electron chi connectivity index (χ4n) is 0.644. The molecule has 0 aliphatic rings. The number of nitriles is 1. The van der Waals surface area contributed by atoms with Crippen molar-refractivity contribution in [1.82, 2.24) is 0 Å². The molecule has 1 unspecified atom stereocenters. The molecule has 0 fully saturated rings. The van der Waals surface area contributed by atoms with Crippen LogP contribution in [0.3, 0.4) is 0 Å². The van der Waals surface area contributed by atoms with E-state index in [0.717, 1.165) is 12.5 Å². The molecule has 0 aromatic carbocycles. The van der Waals surface area contributed by atoms with Crippen molar-refractivity contribution in [2.24, 2.45) is 0 Å². The van der Waals surface area contributed by atoms with Gasteiger partial charge in [-0.05, 0) is 13.0 Å². The maximum Gasteiger partial charge on any atom is 0.267 e. The van der Waals surface area contributed by atoms with Crippen molar-refractivity contribution in [2.45, 2.75) is 31.9 Å². The number of nitrogens with zero attached hydrogens (tertiary/aromatic N) is 1. The summed E-state index contributed by atoms with van der Waals surface area (Å²) in [4.78, 5) is 0. The number of hydrogen-bond donors (Lipinski definition) is 0. The highest BCUT2D eigenvalue weighted by Crippen LogP contribution is 2.33. The largest absolute Gasteiger partial charge is 0.267 e. The van der Waals surface area contributed by atoms with E-state index in [0.29, 0.717) is 0 Å². The van der Waals surface area contributed by atoms with Gasteiger partial charge < -0.3 is 0 Å². The highest BCUT2D eigenvalue weighted by atomic mass is 35.7. The van der Waals surface area contributed by atoms with Crippen LogP contribution in [0.4, 0.5) is 0 Å². The number of rotatable bonds is 3. The molecule has 0 saturated carbocycles. The Labute approximate surface area is 72.4 Å². The molecule has 0 rings (SSSR count). The lowest BCUT2D eigenvalue weighted by atomic mass is 10.5. The van der Waals surface area contributed by atoms with Gasteiger partial charge in [-0.1, -0.05) is 13.3 Å². The number of halogens is 2. The summed E-state index contributed by atoms with van der Waals surface area (Å²) in [5.74, 6) is 0. The molecule has 0 saturated heterocycles. The first-order valence-corrected chi connectivity index (χ1v) is 7.63. The number of hydrogen-bond acceptors (Lipinski definition) is 1. The molecule has 0 heterocycles. The zero-order valence-electron chi connectivity index (χ0n) is 6.19. The van der Waals surface area contributed by atoms with Crippen LogP contribution in [0.5, 0.6) is 0 Å². The molecule has 1 nitrogen and oxygen atoms in total. The molecule has 0 aliphatic heterocycles. The van der Waals surface area contributed by atoms with Crippen molar-refractivity contribution in [1.29, 1.82) is 5.26 Å². The molecule has 0 aliphatic carbocycles. The highest BCUT2D eigenvalue weighted by molar-refractivity contribution is 7.46. The highest BCUT2D eigenvalue weighted by Gasteiger charge is 2.34. The van der Waals surface area contributed by atoms with Crippen molar-refractivity contribution < 1.29 is 0 Å². The molecular weight excluding hydrogens is 185 g/mol. The zero-order valence-corrected chi connectivity index (χ0v) is 8.71. The Morgan fingerprint density at radius 3 is 2.40 bits per heavy atom. The lowest BCUT2D eigenvalue weighted by molar-refractivity contribution is 1.03. The molecule has 4 heteroatoms. The van der Waals surface area contributed by atoms with Gasteiger partial charge in [-0.25, -0.2) is 0 Å². The van der Waals surface area contributed by atoms with Gasteiger partial charge in [-0.15, -0.1) is 22.2 Å². The smallest absolute Gasteiger partial charge is 0.198 e. The molecule has 0 spiro atoms. The lowest BCUT2D eigenvalue weighted by Gasteiger charge is -2.16. The Morgan fingerprint density at radius 2 is 2.10 bits per heavy atom. The summed E-state index contributed by atoms with van der Waals surface area (Å²) in [5.41, 5.74) is -0.157. The van der Waals surface area contributed by atoms with Crippen LogP contribution in [0.15, 0.2) is 0 Å². The topological polar surface area (TPSA) is 23.8 Å². The molecular formula is C6H11Cl2NSi. The Morgan fingerprint density at radius 1 is 1.60 bits per heavy atom. The summed E-state index contributed by atoms with van der Waals surface area (Å²) in [5, 5.41) is 8.51.